The maximum atomic E-state index is 9.18. The van der Waals surface area contributed by atoms with Crippen LogP contribution in [0.15, 0.2) is 18.2 Å². The minimum Gasteiger partial charge on any atom is -0.396 e. The molecule has 1 heterocycles. The second-order valence-electron chi connectivity index (χ2n) is 6.41. The van der Waals surface area contributed by atoms with Gasteiger partial charge < -0.3 is 15.3 Å². The summed E-state index contributed by atoms with van der Waals surface area (Å²) in [7, 11) is 0. The summed E-state index contributed by atoms with van der Waals surface area (Å²) < 4.78 is 0. The minimum absolute atomic E-state index is 0.0788. The van der Waals surface area contributed by atoms with E-state index in [9.17, 15) is 5.11 Å². The maximum Gasteiger partial charge on any atom is 0.0446 e. The van der Waals surface area contributed by atoms with Crippen molar-refractivity contribution in [3.05, 3.63) is 29.3 Å². The van der Waals surface area contributed by atoms with E-state index in [1.165, 1.54) is 16.8 Å². The van der Waals surface area contributed by atoms with E-state index in [1.807, 2.05) is 0 Å². The fourth-order valence-corrected chi connectivity index (χ4v) is 3.11. The fraction of sp³-hybridized carbons (Fsp3) is 0.625. The third-order valence-electron chi connectivity index (χ3n) is 3.79. The SMILES string of the molecule is Cc1ccc(N2CC(CCO)NC(C)(C)C2)c(C)c1. The minimum atomic E-state index is 0.0788. The molecule has 1 aliphatic rings. The highest BCUT2D eigenvalue weighted by atomic mass is 16.3. The standard InChI is InChI=1S/C16H26N2O/c1-12-5-6-15(13(2)9-12)18-10-14(7-8-19)17-16(3,4)11-18/h5-6,9,14,17,19H,7-8,10-11H2,1-4H3. The van der Waals surface area contributed by atoms with E-state index in [1.54, 1.807) is 0 Å². The van der Waals surface area contributed by atoms with Gasteiger partial charge in [-0.05, 0) is 45.7 Å². The molecule has 19 heavy (non-hydrogen) atoms. The Kier molecular flexibility index (Phi) is 4.16. The molecule has 1 unspecified atom stereocenters. The Morgan fingerprint density at radius 1 is 1.37 bits per heavy atom. The summed E-state index contributed by atoms with van der Waals surface area (Å²) in [4.78, 5) is 2.45. The molecule has 1 aliphatic heterocycles. The molecule has 3 heteroatoms. The molecule has 3 nitrogen and oxygen atoms in total. The van der Waals surface area contributed by atoms with Gasteiger partial charge in [-0.3, -0.25) is 0 Å². The van der Waals surface area contributed by atoms with Gasteiger partial charge in [0.2, 0.25) is 0 Å². The number of nitrogens with one attached hydrogen (secondary N) is 1. The summed E-state index contributed by atoms with van der Waals surface area (Å²) in [6, 6.07) is 7.00. The van der Waals surface area contributed by atoms with Crippen molar-refractivity contribution < 1.29 is 5.11 Å². The number of hydrogen-bond donors (Lipinski definition) is 2. The van der Waals surface area contributed by atoms with Crippen LogP contribution < -0.4 is 10.2 Å². The number of rotatable bonds is 3. The van der Waals surface area contributed by atoms with Gasteiger partial charge >= 0.3 is 0 Å². The average Bonchev–Trinajstić information content (AvgIpc) is 2.26. The molecule has 0 spiro atoms. The van der Waals surface area contributed by atoms with E-state index < -0.39 is 0 Å². The van der Waals surface area contributed by atoms with E-state index in [0.29, 0.717) is 6.04 Å². The Labute approximate surface area is 116 Å². The molecule has 0 saturated carbocycles. The number of aliphatic hydroxyl groups is 1. The molecule has 0 amide bonds. The Morgan fingerprint density at radius 2 is 2.11 bits per heavy atom. The zero-order chi connectivity index (χ0) is 14.0. The zero-order valence-corrected chi connectivity index (χ0v) is 12.5. The first-order chi connectivity index (χ1) is 8.91. The van der Waals surface area contributed by atoms with Crippen molar-refractivity contribution in [3.8, 4) is 0 Å². The van der Waals surface area contributed by atoms with Crippen LogP contribution in [-0.2, 0) is 0 Å². The molecule has 2 rings (SSSR count). The third kappa shape index (κ3) is 3.48. The molecule has 1 saturated heterocycles. The summed E-state index contributed by atoms with van der Waals surface area (Å²) in [5.74, 6) is 0. The average molecular weight is 262 g/mol. The van der Waals surface area contributed by atoms with Crippen LogP contribution in [-0.4, -0.2) is 36.4 Å². The maximum absolute atomic E-state index is 9.18. The van der Waals surface area contributed by atoms with Crippen LogP contribution in [0, 0.1) is 13.8 Å². The largest absolute Gasteiger partial charge is 0.396 e. The molecule has 1 atom stereocenters. The number of piperazine rings is 1. The molecule has 1 fully saturated rings. The monoisotopic (exact) mass is 262 g/mol. The molecule has 0 radical (unpaired) electrons. The lowest BCUT2D eigenvalue weighted by Crippen LogP contribution is -2.62. The molecule has 0 aromatic heterocycles. The summed E-state index contributed by atoms with van der Waals surface area (Å²) in [6.45, 7) is 11.0. The highest BCUT2D eigenvalue weighted by Crippen LogP contribution is 2.26. The number of nitrogens with zero attached hydrogens (tertiary/aromatic N) is 1. The van der Waals surface area contributed by atoms with Crippen LogP contribution in [0.2, 0.25) is 0 Å². The van der Waals surface area contributed by atoms with E-state index in [0.717, 1.165) is 19.5 Å². The van der Waals surface area contributed by atoms with Crippen molar-refractivity contribution in [3.63, 3.8) is 0 Å². The highest BCUT2D eigenvalue weighted by Gasteiger charge is 2.32. The van der Waals surface area contributed by atoms with Gasteiger partial charge in [0.1, 0.15) is 0 Å². The predicted molar refractivity (Wildman–Crippen MR) is 80.8 cm³/mol. The van der Waals surface area contributed by atoms with Crippen LogP contribution in [0.5, 0.6) is 0 Å². The van der Waals surface area contributed by atoms with Crippen molar-refractivity contribution in [1.29, 1.82) is 0 Å². The van der Waals surface area contributed by atoms with Crippen LogP contribution in [0.4, 0.5) is 5.69 Å². The predicted octanol–water partition coefficient (Wildman–Crippen LogP) is 2.24. The van der Waals surface area contributed by atoms with Crippen molar-refractivity contribution in [1.82, 2.24) is 5.32 Å². The molecular formula is C16H26N2O. The normalized spacial score (nSPS) is 22.6. The van der Waals surface area contributed by atoms with Crippen molar-refractivity contribution in [2.24, 2.45) is 0 Å². The molecule has 0 aliphatic carbocycles. The van der Waals surface area contributed by atoms with Gasteiger partial charge in [-0.25, -0.2) is 0 Å². The van der Waals surface area contributed by atoms with Gasteiger partial charge in [0.05, 0.1) is 0 Å². The number of aliphatic hydroxyl groups excluding tert-OH is 1. The molecule has 106 valence electrons. The van der Waals surface area contributed by atoms with E-state index >= 15 is 0 Å². The number of hydrogen-bond acceptors (Lipinski definition) is 3. The summed E-state index contributed by atoms with van der Waals surface area (Å²) in [5, 5.41) is 12.8. The fourth-order valence-electron chi connectivity index (χ4n) is 3.11. The van der Waals surface area contributed by atoms with Gasteiger partial charge in [0.25, 0.3) is 0 Å². The first-order valence-corrected chi connectivity index (χ1v) is 7.12. The molecule has 2 N–H and O–H groups in total. The number of benzene rings is 1. The Balaban J connectivity index is 2.22. The van der Waals surface area contributed by atoms with Crippen LogP contribution >= 0.6 is 0 Å². The van der Waals surface area contributed by atoms with Gasteiger partial charge in [-0.2, -0.15) is 0 Å². The van der Waals surface area contributed by atoms with Gasteiger partial charge in [0.15, 0.2) is 0 Å². The number of anilines is 1. The second-order valence-corrected chi connectivity index (χ2v) is 6.41. The highest BCUT2D eigenvalue weighted by molar-refractivity contribution is 5.55. The first kappa shape index (κ1) is 14.4. The quantitative estimate of drug-likeness (QED) is 0.877. The van der Waals surface area contributed by atoms with E-state index in [4.69, 9.17) is 0 Å². The smallest absolute Gasteiger partial charge is 0.0446 e. The summed E-state index contributed by atoms with van der Waals surface area (Å²) >= 11 is 0. The van der Waals surface area contributed by atoms with Gasteiger partial charge in [-0.1, -0.05) is 17.7 Å². The summed E-state index contributed by atoms with van der Waals surface area (Å²) in [5.41, 5.74) is 4.04. The number of aryl methyl sites for hydroxylation is 2. The lowest BCUT2D eigenvalue weighted by atomic mass is 9.96. The van der Waals surface area contributed by atoms with Crippen molar-refractivity contribution in [2.45, 2.75) is 45.7 Å². The Hall–Kier alpha value is -1.06. The lowest BCUT2D eigenvalue weighted by molar-refractivity contribution is 0.224. The Bertz CT molecular complexity index is 442. The molecular weight excluding hydrogens is 236 g/mol. The van der Waals surface area contributed by atoms with E-state index in [-0.39, 0.29) is 12.1 Å². The van der Waals surface area contributed by atoms with Gasteiger partial charge in [0, 0.05) is 37.0 Å². The van der Waals surface area contributed by atoms with Crippen LogP contribution in [0.25, 0.3) is 0 Å². The molecule has 1 aromatic rings. The van der Waals surface area contributed by atoms with E-state index in [2.05, 4.69) is 56.1 Å². The zero-order valence-electron chi connectivity index (χ0n) is 12.5. The van der Waals surface area contributed by atoms with Crippen molar-refractivity contribution in [2.75, 3.05) is 24.6 Å². The molecule has 0 bridgehead atoms. The Morgan fingerprint density at radius 3 is 2.74 bits per heavy atom. The topological polar surface area (TPSA) is 35.5 Å². The third-order valence-corrected chi connectivity index (χ3v) is 3.79. The molecule has 1 aromatic carbocycles. The first-order valence-electron chi connectivity index (χ1n) is 7.12. The van der Waals surface area contributed by atoms with Crippen molar-refractivity contribution >= 4 is 5.69 Å². The van der Waals surface area contributed by atoms with Gasteiger partial charge in [-0.15, -0.1) is 0 Å². The summed E-state index contributed by atoms with van der Waals surface area (Å²) in [6.07, 6.45) is 0.810. The lowest BCUT2D eigenvalue weighted by Gasteiger charge is -2.45. The van der Waals surface area contributed by atoms with Crippen LogP contribution in [0.1, 0.15) is 31.4 Å². The van der Waals surface area contributed by atoms with Crippen LogP contribution in [0.3, 0.4) is 0 Å². The second kappa shape index (κ2) is 5.51.